The van der Waals surface area contributed by atoms with E-state index < -0.39 is 9.84 Å². The highest BCUT2D eigenvalue weighted by Gasteiger charge is 2.32. The number of oxazole rings is 1. The molecule has 1 saturated heterocycles. The van der Waals surface area contributed by atoms with Crippen molar-refractivity contribution in [1.82, 2.24) is 4.98 Å². The van der Waals surface area contributed by atoms with Crippen molar-refractivity contribution in [3.05, 3.63) is 59.7 Å². The van der Waals surface area contributed by atoms with Crippen molar-refractivity contribution in [2.45, 2.75) is 49.5 Å². The van der Waals surface area contributed by atoms with Crippen LogP contribution in [0.2, 0.25) is 0 Å². The first-order valence-electron chi connectivity index (χ1n) is 10.2. The van der Waals surface area contributed by atoms with E-state index >= 15 is 0 Å². The van der Waals surface area contributed by atoms with Crippen LogP contribution in [-0.2, 0) is 16.3 Å². The van der Waals surface area contributed by atoms with Crippen molar-refractivity contribution < 1.29 is 12.8 Å². The number of sulfone groups is 1. The Morgan fingerprint density at radius 1 is 1.03 bits per heavy atom. The van der Waals surface area contributed by atoms with Gasteiger partial charge in [-0.2, -0.15) is 4.98 Å². The van der Waals surface area contributed by atoms with Crippen molar-refractivity contribution in [3.63, 3.8) is 0 Å². The van der Waals surface area contributed by atoms with Crippen molar-refractivity contribution in [3.8, 4) is 11.5 Å². The summed E-state index contributed by atoms with van der Waals surface area (Å²) in [4.78, 5) is 6.76. The van der Waals surface area contributed by atoms with Crippen LogP contribution in [0.15, 0.2) is 62.9 Å². The molecule has 0 spiro atoms. The van der Waals surface area contributed by atoms with Crippen LogP contribution in [0.1, 0.15) is 37.3 Å². The molecule has 0 unspecified atom stereocenters. The van der Waals surface area contributed by atoms with Gasteiger partial charge in [-0.15, -0.1) is 0 Å². The average Bonchev–Trinajstić information content (AvgIpc) is 3.21. The normalized spacial score (nSPS) is 14.9. The second-order valence-corrected chi connectivity index (χ2v) is 9.41. The third-order valence-electron chi connectivity index (χ3n) is 5.38. The van der Waals surface area contributed by atoms with Crippen molar-refractivity contribution in [2.24, 2.45) is 0 Å². The lowest BCUT2D eigenvalue weighted by molar-refractivity contribution is 0.499. The van der Waals surface area contributed by atoms with Gasteiger partial charge >= 0.3 is 0 Å². The first-order valence-corrected chi connectivity index (χ1v) is 11.6. The van der Waals surface area contributed by atoms with E-state index in [9.17, 15) is 8.42 Å². The zero-order chi connectivity index (χ0) is 20.4. The Morgan fingerprint density at radius 2 is 1.76 bits per heavy atom. The fraction of sp³-hybridized carbons (Fsp3) is 0.348. The van der Waals surface area contributed by atoms with E-state index in [-0.39, 0.29) is 9.92 Å². The van der Waals surface area contributed by atoms with E-state index in [0.29, 0.717) is 11.8 Å². The third kappa shape index (κ3) is 3.94. The molecule has 1 aromatic heterocycles. The summed E-state index contributed by atoms with van der Waals surface area (Å²) in [5.41, 5.74) is 2.95. The van der Waals surface area contributed by atoms with Crippen LogP contribution in [0.3, 0.4) is 0 Å². The van der Waals surface area contributed by atoms with Gasteiger partial charge in [-0.25, -0.2) is 8.42 Å². The van der Waals surface area contributed by atoms with E-state index in [4.69, 9.17) is 4.42 Å². The molecule has 3 aromatic rings. The molecule has 0 amide bonds. The Hall–Kier alpha value is -2.60. The summed E-state index contributed by atoms with van der Waals surface area (Å²) in [6, 6.07) is 14.8. The standard InChI is InChI=1S/C23H26N2O3S/c1-3-18-10-12-20(13-11-18)29(26,27)22-23(25-14-5-4-6-15-25)28-21(24-22)19-9-7-8-17(2)16-19/h7-13,16H,3-6,14-15H2,1-2H3. The monoisotopic (exact) mass is 410 g/mol. The van der Waals surface area contributed by atoms with Crippen LogP contribution in [0.5, 0.6) is 0 Å². The first kappa shape index (κ1) is 19.7. The summed E-state index contributed by atoms with van der Waals surface area (Å²) in [5, 5.41) is 0.0140. The maximum Gasteiger partial charge on any atom is 0.236 e. The van der Waals surface area contributed by atoms with Crippen LogP contribution >= 0.6 is 0 Å². The van der Waals surface area contributed by atoms with Crippen LogP contribution in [0.25, 0.3) is 11.5 Å². The zero-order valence-electron chi connectivity index (χ0n) is 16.9. The molecule has 1 fully saturated rings. The number of anilines is 1. The second kappa shape index (κ2) is 8.03. The van der Waals surface area contributed by atoms with Crippen molar-refractivity contribution in [1.29, 1.82) is 0 Å². The molecule has 2 aromatic carbocycles. The minimum absolute atomic E-state index is 0.0140. The molecule has 4 rings (SSSR count). The maximum atomic E-state index is 13.5. The van der Waals surface area contributed by atoms with Crippen LogP contribution in [-0.4, -0.2) is 26.5 Å². The molecule has 0 atom stereocenters. The molecular weight excluding hydrogens is 384 g/mol. The van der Waals surface area contributed by atoms with E-state index in [2.05, 4.69) is 4.98 Å². The van der Waals surface area contributed by atoms with E-state index in [0.717, 1.165) is 55.5 Å². The van der Waals surface area contributed by atoms with Gasteiger partial charge in [0.15, 0.2) is 0 Å². The quantitative estimate of drug-likeness (QED) is 0.590. The fourth-order valence-electron chi connectivity index (χ4n) is 3.69. The van der Waals surface area contributed by atoms with Gasteiger partial charge in [0.2, 0.25) is 26.6 Å². The number of aryl methyl sites for hydroxylation is 2. The first-order chi connectivity index (χ1) is 14.0. The van der Waals surface area contributed by atoms with Gasteiger partial charge < -0.3 is 9.32 Å². The second-order valence-electron chi connectivity index (χ2n) is 7.55. The van der Waals surface area contributed by atoms with Gasteiger partial charge in [-0.3, -0.25) is 0 Å². The Morgan fingerprint density at radius 3 is 2.41 bits per heavy atom. The highest BCUT2D eigenvalue weighted by atomic mass is 32.2. The van der Waals surface area contributed by atoms with Gasteiger partial charge in [-0.1, -0.05) is 36.8 Å². The molecule has 5 nitrogen and oxygen atoms in total. The molecule has 0 bridgehead atoms. The molecule has 2 heterocycles. The minimum atomic E-state index is -3.79. The number of aromatic nitrogens is 1. The molecule has 29 heavy (non-hydrogen) atoms. The largest absolute Gasteiger partial charge is 0.419 e. The van der Waals surface area contributed by atoms with Gasteiger partial charge in [0.25, 0.3) is 0 Å². The Kier molecular flexibility index (Phi) is 5.46. The molecule has 1 aliphatic rings. The smallest absolute Gasteiger partial charge is 0.236 e. The highest BCUT2D eigenvalue weighted by Crippen LogP contribution is 2.36. The molecule has 0 aliphatic carbocycles. The number of hydrogen-bond acceptors (Lipinski definition) is 5. The average molecular weight is 411 g/mol. The maximum absolute atomic E-state index is 13.5. The SMILES string of the molecule is CCc1ccc(S(=O)(=O)c2nc(-c3cccc(C)c3)oc2N2CCCCC2)cc1. The number of hydrogen-bond donors (Lipinski definition) is 0. The molecule has 1 aliphatic heterocycles. The number of piperidine rings is 1. The van der Waals surface area contributed by atoms with Gasteiger partial charge in [-0.05, 0) is 62.4 Å². The summed E-state index contributed by atoms with van der Waals surface area (Å²) < 4.78 is 33.0. The predicted molar refractivity (Wildman–Crippen MR) is 114 cm³/mol. The lowest BCUT2D eigenvalue weighted by Gasteiger charge is -2.26. The summed E-state index contributed by atoms with van der Waals surface area (Å²) in [7, 11) is -3.79. The topological polar surface area (TPSA) is 63.4 Å². The lowest BCUT2D eigenvalue weighted by atomic mass is 10.1. The Labute approximate surface area is 172 Å². The van der Waals surface area contributed by atoms with Crippen LogP contribution in [0.4, 0.5) is 5.88 Å². The molecule has 0 saturated carbocycles. The molecule has 152 valence electrons. The van der Waals surface area contributed by atoms with Gasteiger partial charge in [0, 0.05) is 18.7 Å². The molecule has 0 N–H and O–H groups in total. The number of benzene rings is 2. The summed E-state index contributed by atoms with van der Waals surface area (Å²) in [6.45, 7) is 5.59. The zero-order valence-corrected chi connectivity index (χ0v) is 17.7. The molecular formula is C23H26N2O3S. The van der Waals surface area contributed by atoms with Crippen LogP contribution < -0.4 is 4.90 Å². The summed E-state index contributed by atoms with van der Waals surface area (Å²) in [5.74, 6) is 0.707. The number of nitrogens with zero attached hydrogens (tertiary/aromatic N) is 2. The minimum Gasteiger partial charge on any atom is -0.419 e. The van der Waals surface area contributed by atoms with Crippen LogP contribution in [0, 0.1) is 6.92 Å². The fourth-order valence-corrected chi connectivity index (χ4v) is 5.01. The number of rotatable bonds is 5. The summed E-state index contributed by atoms with van der Waals surface area (Å²) >= 11 is 0. The van der Waals surface area contributed by atoms with E-state index in [1.807, 2.05) is 55.1 Å². The molecule has 6 heteroatoms. The summed E-state index contributed by atoms with van der Waals surface area (Å²) in [6.07, 6.45) is 4.05. The van der Waals surface area contributed by atoms with Crippen molar-refractivity contribution in [2.75, 3.05) is 18.0 Å². The van der Waals surface area contributed by atoms with Gasteiger partial charge in [0.05, 0.1) is 4.90 Å². The molecule has 0 radical (unpaired) electrons. The third-order valence-corrected chi connectivity index (χ3v) is 7.05. The highest BCUT2D eigenvalue weighted by molar-refractivity contribution is 7.91. The van der Waals surface area contributed by atoms with Gasteiger partial charge in [0.1, 0.15) is 0 Å². The predicted octanol–water partition coefficient (Wildman–Crippen LogP) is 5.04. The Balaban J connectivity index is 1.83. The van der Waals surface area contributed by atoms with Crippen molar-refractivity contribution >= 4 is 15.7 Å². The van der Waals surface area contributed by atoms with E-state index in [1.165, 1.54) is 0 Å². The van der Waals surface area contributed by atoms with E-state index in [1.54, 1.807) is 12.1 Å². The lowest BCUT2D eigenvalue weighted by Crippen LogP contribution is -2.30. The Bertz CT molecular complexity index is 1100.